The van der Waals surface area contributed by atoms with Crippen LogP contribution in [-0.4, -0.2) is 56.0 Å². The Hall–Kier alpha value is -2.50. The number of likely N-dealkylation sites (tertiary alicyclic amines) is 1. The van der Waals surface area contributed by atoms with Crippen LogP contribution in [0.1, 0.15) is 32.3 Å². The second kappa shape index (κ2) is 9.62. The van der Waals surface area contributed by atoms with Crippen LogP contribution in [0.25, 0.3) is 0 Å². The van der Waals surface area contributed by atoms with Gasteiger partial charge >= 0.3 is 0 Å². The maximum absolute atomic E-state index is 12.1. The average molecular weight is 384 g/mol. The molecule has 1 aromatic carbocycles. The third-order valence-electron chi connectivity index (χ3n) is 5.42. The van der Waals surface area contributed by atoms with Crippen molar-refractivity contribution in [1.29, 1.82) is 0 Å². The Bertz CT molecular complexity index is 711. The van der Waals surface area contributed by atoms with Crippen LogP contribution in [0.2, 0.25) is 0 Å². The van der Waals surface area contributed by atoms with Gasteiger partial charge in [-0.3, -0.25) is 9.79 Å². The molecule has 28 heavy (non-hydrogen) atoms. The summed E-state index contributed by atoms with van der Waals surface area (Å²) in [5.74, 6) is 1.15. The zero-order chi connectivity index (χ0) is 19.9. The smallest absolute Gasteiger partial charge is 0.225 e. The van der Waals surface area contributed by atoms with Crippen LogP contribution < -0.4 is 15.5 Å². The molecule has 0 bridgehead atoms. The molecule has 0 aromatic heterocycles. The fourth-order valence-electron chi connectivity index (χ4n) is 3.74. The Morgan fingerprint density at radius 2 is 1.93 bits per heavy atom. The molecule has 0 atom stereocenters. The summed E-state index contributed by atoms with van der Waals surface area (Å²) in [7, 11) is 1.80. The molecule has 6 heteroatoms. The molecule has 0 saturated carbocycles. The van der Waals surface area contributed by atoms with Gasteiger partial charge in [-0.2, -0.15) is 0 Å². The summed E-state index contributed by atoms with van der Waals surface area (Å²) in [5, 5.41) is 6.94. The number of benzene rings is 1. The van der Waals surface area contributed by atoms with Crippen LogP contribution >= 0.6 is 0 Å². The van der Waals surface area contributed by atoms with Crippen molar-refractivity contribution in [2.75, 3.05) is 38.1 Å². The summed E-state index contributed by atoms with van der Waals surface area (Å²) in [4.78, 5) is 20.8. The minimum atomic E-state index is 0.0750. The van der Waals surface area contributed by atoms with Gasteiger partial charge < -0.3 is 20.4 Å². The number of nitrogens with one attached hydrogen (secondary N) is 2. The van der Waals surface area contributed by atoms with Gasteiger partial charge in [0.15, 0.2) is 5.96 Å². The van der Waals surface area contributed by atoms with E-state index >= 15 is 0 Å². The summed E-state index contributed by atoms with van der Waals surface area (Å²) in [6.45, 7) is 8.27. The lowest BCUT2D eigenvalue weighted by Gasteiger charge is -2.34. The molecule has 0 unspecified atom stereocenters. The van der Waals surface area contributed by atoms with Gasteiger partial charge in [-0.25, -0.2) is 0 Å². The molecule has 0 spiro atoms. The van der Waals surface area contributed by atoms with Crippen molar-refractivity contribution in [2.24, 2.45) is 10.9 Å². The van der Waals surface area contributed by atoms with Gasteiger partial charge in [0.25, 0.3) is 0 Å². The topological polar surface area (TPSA) is 60.0 Å². The third kappa shape index (κ3) is 5.27. The summed E-state index contributed by atoms with van der Waals surface area (Å²) in [6, 6.07) is 9.01. The van der Waals surface area contributed by atoms with Crippen LogP contribution in [0.3, 0.4) is 0 Å². The molecule has 2 heterocycles. The van der Waals surface area contributed by atoms with E-state index in [1.807, 2.05) is 18.7 Å². The number of rotatable bonds is 5. The lowest BCUT2D eigenvalue weighted by atomic mass is 10.0. The zero-order valence-electron chi connectivity index (χ0n) is 17.3. The van der Waals surface area contributed by atoms with Crippen LogP contribution in [0, 0.1) is 5.92 Å². The van der Waals surface area contributed by atoms with Crippen molar-refractivity contribution in [3.8, 4) is 0 Å². The fourth-order valence-corrected chi connectivity index (χ4v) is 3.74. The van der Waals surface area contributed by atoms with Crippen LogP contribution in [-0.2, 0) is 11.3 Å². The number of amides is 1. The molecule has 2 aliphatic heterocycles. The maximum Gasteiger partial charge on any atom is 0.225 e. The van der Waals surface area contributed by atoms with E-state index in [4.69, 9.17) is 0 Å². The molecular formula is C22H33N5O. The Morgan fingerprint density at radius 3 is 2.57 bits per heavy atom. The quantitative estimate of drug-likeness (QED) is 0.466. The highest BCUT2D eigenvalue weighted by molar-refractivity contribution is 5.80. The van der Waals surface area contributed by atoms with E-state index in [1.54, 1.807) is 7.05 Å². The minimum absolute atomic E-state index is 0.0750. The molecule has 1 fully saturated rings. The molecule has 3 rings (SSSR count). The number of carbonyl (C=O) groups excluding carboxylic acids is 1. The van der Waals surface area contributed by atoms with Crippen molar-refractivity contribution in [1.82, 2.24) is 15.5 Å². The first-order chi connectivity index (χ1) is 13.6. The van der Waals surface area contributed by atoms with E-state index in [-0.39, 0.29) is 11.8 Å². The standard InChI is InChI=1S/C22H33N5O/c1-17(2)21(28)27-13-9-19(10-14-27)25-22(23-3)24-16-18-7-6-8-20(15-18)26-11-4-5-12-26/h4-8,15,17,19H,9-14,16H2,1-3H3,(H2,23,24,25). The van der Waals surface area contributed by atoms with Crippen molar-refractivity contribution in [3.05, 3.63) is 42.0 Å². The minimum Gasteiger partial charge on any atom is -0.364 e. The Balaban J connectivity index is 1.47. The largest absolute Gasteiger partial charge is 0.364 e. The summed E-state index contributed by atoms with van der Waals surface area (Å²) >= 11 is 0. The zero-order valence-corrected chi connectivity index (χ0v) is 17.3. The molecule has 1 amide bonds. The lowest BCUT2D eigenvalue weighted by molar-refractivity contribution is -0.135. The number of piperidine rings is 1. The maximum atomic E-state index is 12.1. The molecule has 0 aliphatic carbocycles. The van der Waals surface area contributed by atoms with Gasteiger partial charge in [-0.15, -0.1) is 0 Å². The fraction of sp³-hybridized carbons (Fsp3) is 0.545. The van der Waals surface area contributed by atoms with Crippen molar-refractivity contribution in [2.45, 2.75) is 39.3 Å². The van der Waals surface area contributed by atoms with Crippen molar-refractivity contribution >= 4 is 17.6 Å². The monoisotopic (exact) mass is 383 g/mol. The average Bonchev–Trinajstić information content (AvgIpc) is 3.26. The van der Waals surface area contributed by atoms with Crippen LogP contribution in [0.4, 0.5) is 5.69 Å². The highest BCUT2D eigenvalue weighted by Crippen LogP contribution is 2.18. The Labute approximate surface area is 168 Å². The van der Waals surface area contributed by atoms with E-state index in [0.29, 0.717) is 6.04 Å². The number of hydrogen-bond acceptors (Lipinski definition) is 3. The molecular weight excluding hydrogens is 350 g/mol. The molecule has 0 radical (unpaired) electrons. The normalized spacial score (nSPS) is 18.1. The summed E-state index contributed by atoms with van der Waals surface area (Å²) in [5.41, 5.74) is 2.50. The van der Waals surface area contributed by atoms with E-state index in [0.717, 1.165) is 51.5 Å². The second-order valence-electron chi connectivity index (χ2n) is 7.87. The van der Waals surface area contributed by atoms with Gasteiger partial charge in [-0.05, 0) is 30.5 Å². The predicted molar refractivity (Wildman–Crippen MR) is 116 cm³/mol. The third-order valence-corrected chi connectivity index (χ3v) is 5.42. The second-order valence-corrected chi connectivity index (χ2v) is 7.87. The van der Waals surface area contributed by atoms with Gasteiger partial charge in [0, 0.05) is 57.4 Å². The number of nitrogens with zero attached hydrogens (tertiary/aromatic N) is 3. The molecule has 1 aromatic rings. The molecule has 152 valence electrons. The van der Waals surface area contributed by atoms with Gasteiger partial charge in [0.1, 0.15) is 0 Å². The van der Waals surface area contributed by atoms with E-state index in [2.05, 4.69) is 56.9 Å². The summed E-state index contributed by atoms with van der Waals surface area (Å²) < 4.78 is 0. The van der Waals surface area contributed by atoms with Gasteiger partial charge in [0.2, 0.25) is 5.91 Å². The number of aliphatic imine (C=N–C) groups is 1. The van der Waals surface area contributed by atoms with E-state index in [9.17, 15) is 4.79 Å². The van der Waals surface area contributed by atoms with Crippen molar-refractivity contribution in [3.63, 3.8) is 0 Å². The molecule has 6 nitrogen and oxygen atoms in total. The lowest BCUT2D eigenvalue weighted by Crippen LogP contribution is -2.50. The number of carbonyl (C=O) groups is 1. The van der Waals surface area contributed by atoms with Crippen LogP contribution in [0.15, 0.2) is 41.4 Å². The Kier molecular flexibility index (Phi) is 6.95. The molecule has 1 saturated heterocycles. The number of guanidine groups is 1. The Morgan fingerprint density at radius 1 is 1.21 bits per heavy atom. The molecule has 2 aliphatic rings. The first-order valence-electron chi connectivity index (χ1n) is 10.3. The first kappa shape index (κ1) is 20.2. The highest BCUT2D eigenvalue weighted by atomic mass is 16.2. The van der Waals surface area contributed by atoms with Crippen LogP contribution in [0.5, 0.6) is 0 Å². The van der Waals surface area contributed by atoms with Crippen molar-refractivity contribution < 1.29 is 4.79 Å². The van der Waals surface area contributed by atoms with E-state index < -0.39 is 0 Å². The number of anilines is 1. The van der Waals surface area contributed by atoms with Gasteiger partial charge in [-0.1, -0.05) is 38.1 Å². The summed E-state index contributed by atoms with van der Waals surface area (Å²) in [6.07, 6.45) is 6.32. The van der Waals surface area contributed by atoms with E-state index in [1.165, 1.54) is 11.3 Å². The predicted octanol–water partition coefficient (Wildman–Crippen LogP) is 2.37. The highest BCUT2D eigenvalue weighted by Gasteiger charge is 2.24. The van der Waals surface area contributed by atoms with Gasteiger partial charge in [0.05, 0.1) is 0 Å². The molecule has 2 N–H and O–H groups in total. The SMILES string of the molecule is CN=C(NCc1cccc(N2CC=CC2)c1)NC1CCN(C(=O)C(C)C)CC1. The first-order valence-corrected chi connectivity index (χ1v) is 10.3. The number of hydrogen-bond donors (Lipinski definition) is 2.